The van der Waals surface area contributed by atoms with Crippen LogP contribution in [-0.2, 0) is 4.79 Å². The lowest BCUT2D eigenvalue weighted by Crippen LogP contribution is -2.37. The lowest BCUT2D eigenvalue weighted by molar-refractivity contribution is -0.126. The predicted molar refractivity (Wildman–Crippen MR) is 63.6 cm³/mol. The molecule has 0 bridgehead atoms. The van der Waals surface area contributed by atoms with Crippen LogP contribution in [0.1, 0.15) is 53.4 Å². The molecule has 0 radical (unpaired) electrons. The van der Waals surface area contributed by atoms with Crippen LogP contribution >= 0.6 is 0 Å². The van der Waals surface area contributed by atoms with Gasteiger partial charge in [-0.1, -0.05) is 13.8 Å². The highest BCUT2D eigenvalue weighted by Crippen LogP contribution is 2.33. The van der Waals surface area contributed by atoms with Crippen LogP contribution in [0.4, 0.5) is 0 Å². The van der Waals surface area contributed by atoms with E-state index in [4.69, 9.17) is 0 Å². The first-order valence-corrected chi connectivity index (χ1v) is 6.31. The zero-order valence-electron chi connectivity index (χ0n) is 10.5. The molecule has 0 unspecified atom stereocenters. The van der Waals surface area contributed by atoms with Gasteiger partial charge in [0.05, 0.1) is 0 Å². The smallest absolute Gasteiger partial charge is 0.223 e. The van der Waals surface area contributed by atoms with E-state index in [2.05, 4.69) is 19.2 Å². The minimum absolute atomic E-state index is 0.271. The molecule has 1 rings (SSSR count). The van der Waals surface area contributed by atoms with Crippen molar-refractivity contribution in [3.8, 4) is 0 Å². The molecule has 2 nitrogen and oxygen atoms in total. The summed E-state index contributed by atoms with van der Waals surface area (Å²) in [5.41, 5.74) is 0. The first kappa shape index (κ1) is 12.5. The first-order valence-electron chi connectivity index (χ1n) is 6.31. The van der Waals surface area contributed by atoms with Crippen molar-refractivity contribution in [2.45, 2.75) is 59.4 Å². The Bertz CT molecular complexity index is 203. The second-order valence-electron chi connectivity index (χ2n) is 5.52. The van der Waals surface area contributed by atoms with Crippen LogP contribution < -0.4 is 5.32 Å². The van der Waals surface area contributed by atoms with Crippen LogP contribution in [0.5, 0.6) is 0 Å². The fourth-order valence-electron chi connectivity index (χ4n) is 2.45. The highest BCUT2D eigenvalue weighted by atomic mass is 16.1. The lowest BCUT2D eigenvalue weighted by Gasteiger charge is -2.30. The van der Waals surface area contributed by atoms with Crippen LogP contribution in [0.2, 0.25) is 0 Å². The minimum Gasteiger partial charge on any atom is -0.354 e. The standard InChI is InChI=1S/C13H25NO/c1-9(2)11-5-7-12(8-6-11)13(15)14-10(3)4/h9-12H,5-8H2,1-4H3,(H,14,15)/t11-,12+. The highest BCUT2D eigenvalue weighted by Gasteiger charge is 2.27. The van der Waals surface area contributed by atoms with Gasteiger partial charge in [0.2, 0.25) is 5.91 Å². The van der Waals surface area contributed by atoms with Crippen molar-refractivity contribution in [1.82, 2.24) is 5.32 Å². The molecule has 1 amide bonds. The predicted octanol–water partition coefficient (Wildman–Crippen LogP) is 2.97. The van der Waals surface area contributed by atoms with Gasteiger partial charge in [-0.25, -0.2) is 0 Å². The van der Waals surface area contributed by atoms with Crippen LogP contribution in [0.15, 0.2) is 0 Å². The molecule has 2 heteroatoms. The number of carbonyl (C=O) groups excluding carboxylic acids is 1. The fourth-order valence-corrected chi connectivity index (χ4v) is 2.45. The van der Waals surface area contributed by atoms with Crippen LogP contribution in [0.25, 0.3) is 0 Å². The summed E-state index contributed by atoms with van der Waals surface area (Å²) in [6.07, 6.45) is 4.63. The zero-order chi connectivity index (χ0) is 11.4. The molecular weight excluding hydrogens is 186 g/mol. The van der Waals surface area contributed by atoms with E-state index >= 15 is 0 Å². The van der Waals surface area contributed by atoms with Gasteiger partial charge in [0.25, 0.3) is 0 Å². The van der Waals surface area contributed by atoms with Crippen LogP contribution in [0, 0.1) is 17.8 Å². The van der Waals surface area contributed by atoms with Crippen LogP contribution in [0.3, 0.4) is 0 Å². The number of rotatable bonds is 3. The Balaban J connectivity index is 2.34. The molecule has 1 aliphatic rings. The summed E-state index contributed by atoms with van der Waals surface area (Å²) < 4.78 is 0. The SMILES string of the molecule is CC(C)NC(=O)[C@H]1CC[C@@H](C(C)C)CC1. The molecule has 0 aromatic carbocycles. The molecular formula is C13H25NO. The van der Waals surface area contributed by atoms with E-state index < -0.39 is 0 Å². The van der Waals surface area contributed by atoms with Gasteiger partial charge in [-0.3, -0.25) is 4.79 Å². The molecule has 15 heavy (non-hydrogen) atoms. The number of nitrogens with one attached hydrogen (secondary N) is 1. The van der Waals surface area contributed by atoms with Gasteiger partial charge < -0.3 is 5.32 Å². The summed E-state index contributed by atoms with van der Waals surface area (Å²) >= 11 is 0. The maximum Gasteiger partial charge on any atom is 0.223 e. The van der Waals surface area contributed by atoms with Gasteiger partial charge in [0.15, 0.2) is 0 Å². The van der Waals surface area contributed by atoms with E-state index in [1.807, 2.05) is 13.8 Å². The van der Waals surface area contributed by atoms with Gasteiger partial charge in [0.1, 0.15) is 0 Å². The summed E-state index contributed by atoms with van der Waals surface area (Å²) in [6, 6.07) is 0.278. The molecule has 1 aliphatic carbocycles. The molecule has 0 aromatic rings. The maximum atomic E-state index is 11.8. The topological polar surface area (TPSA) is 29.1 Å². The quantitative estimate of drug-likeness (QED) is 0.764. The van der Waals surface area contributed by atoms with Crippen molar-refractivity contribution in [2.24, 2.45) is 17.8 Å². The van der Waals surface area contributed by atoms with Crippen LogP contribution in [-0.4, -0.2) is 11.9 Å². The summed E-state index contributed by atoms with van der Waals surface area (Å²) in [5, 5.41) is 3.02. The third-order valence-corrected chi connectivity index (χ3v) is 3.52. The van der Waals surface area contributed by atoms with Gasteiger partial charge >= 0.3 is 0 Å². The third kappa shape index (κ3) is 3.84. The Morgan fingerprint density at radius 3 is 2.00 bits per heavy atom. The second kappa shape index (κ2) is 5.53. The molecule has 0 spiro atoms. The number of hydrogen-bond donors (Lipinski definition) is 1. The Morgan fingerprint density at radius 1 is 1.07 bits per heavy atom. The Morgan fingerprint density at radius 2 is 1.60 bits per heavy atom. The average Bonchev–Trinajstić information content (AvgIpc) is 2.17. The normalized spacial score (nSPS) is 27.1. The largest absolute Gasteiger partial charge is 0.354 e. The molecule has 0 heterocycles. The average molecular weight is 211 g/mol. The fraction of sp³-hybridized carbons (Fsp3) is 0.923. The van der Waals surface area contributed by atoms with Crippen molar-refractivity contribution < 1.29 is 4.79 Å². The first-order chi connectivity index (χ1) is 7.00. The Kier molecular flexibility index (Phi) is 4.62. The van der Waals surface area contributed by atoms with Crippen molar-refractivity contribution in [1.29, 1.82) is 0 Å². The molecule has 88 valence electrons. The van der Waals surface area contributed by atoms with Gasteiger partial charge in [-0.15, -0.1) is 0 Å². The summed E-state index contributed by atoms with van der Waals surface area (Å²) in [5.74, 6) is 2.17. The zero-order valence-corrected chi connectivity index (χ0v) is 10.5. The van der Waals surface area contributed by atoms with Gasteiger partial charge in [-0.2, -0.15) is 0 Å². The lowest BCUT2D eigenvalue weighted by atomic mass is 9.76. The number of hydrogen-bond acceptors (Lipinski definition) is 1. The molecule has 0 atom stereocenters. The molecule has 1 fully saturated rings. The molecule has 0 aromatic heterocycles. The summed E-state index contributed by atoms with van der Waals surface area (Å²) in [4.78, 5) is 11.8. The second-order valence-corrected chi connectivity index (χ2v) is 5.52. The Hall–Kier alpha value is -0.530. The maximum absolute atomic E-state index is 11.8. The minimum atomic E-state index is 0.271. The number of carbonyl (C=O) groups is 1. The summed E-state index contributed by atoms with van der Waals surface area (Å²) in [7, 11) is 0. The van der Waals surface area contributed by atoms with Crippen molar-refractivity contribution in [2.75, 3.05) is 0 Å². The highest BCUT2D eigenvalue weighted by molar-refractivity contribution is 5.78. The molecule has 1 N–H and O–H groups in total. The van der Waals surface area contributed by atoms with E-state index in [-0.39, 0.29) is 17.9 Å². The molecule has 1 saturated carbocycles. The number of amides is 1. The van der Waals surface area contributed by atoms with Crippen molar-refractivity contribution >= 4 is 5.91 Å². The van der Waals surface area contributed by atoms with Gasteiger partial charge in [0, 0.05) is 12.0 Å². The van der Waals surface area contributed by atoms with Crippen molar-refractivity contribution in [3.63, 3.8) is 0 Å². The van der Waals surface area contributed by atoms with E-state index in [1.54, 1.807) is 0 Å². The van der Waals surface area contributed by atoms with Crippen molar-refractivity contribution in [3.05, 3.63) is 0 Å². The van der Waals surface area contributed by atoms with Gasteiger partial charge in [-0.05, 0) is 51.4 Å². The monoisotopic (exact) mass is 211 g/mol. The molecule has 0 aliphatic heterocycles. The Labute approximate surface area is 93.8 Å². The van der Waals surface area contributed by atoms with E-state index in [0.717, 1.165) is 24.7 Å². The van der Waals surface area contributed by atoms with E-state index in [1.165, 1.54) is 12.8 Å². The molecule has 0 saturated heterocycles. The van der Waals surface area contributed by atoms with E-state index in [0.29, 0.717) is 0 Å². The summed E-state index contributed by atoms with van der Waals surface area (Å²) in [6.45, 7) is 8.63. The van der Waals surface area contributed by atoms with E-state index in [9.17, 15) is 4.79 Å². The third-order valence-electron chi connectivity index (χ3n) is 3.52.